The summed E-state index contributed by atoms with van der Waals surface area (Å²) in [6.45, 7) is 3.35. The molecule has 0 bridgehead atoms. The van der Waals surface area contributed by atoms with E-state index in [0.717, 1.165) is 5.56 Å². The molecule has 1 aromatic heterocycles. The predicted octanol–water partition coefficient (Wildman–Crippen LogP) is 0.696. The summed E-state index contributed by atoms with van der Waals surface area (Å²) >= 11 is 0. The predicted molar refractivity (Wildman–Crippen MR) is 48.5 cm³/mol. The first-order valence-electron chi connectivity index (χ1n) is 3.59. The van der Waals surface area contributed by atoms with Gasteiger partial charge in [-0.05, 0) is 17.7 Å². The summed E-state index contributed by atoms with van der Waals surface area (Å²) in [4.78, 5) is 3.85. The Kier molecular flexibility index (Phi) is 7.13. The molecule has 0 saturated carbocycles. The van der Waals surface area contributed by atoms with Gasteiger partial charge in [0.2, 0.25) is 0 Å². The quantitative estimate of drug-likeness (QED) is 0.681. The van der Waals surface area contributed by atoms with Crippen molar-refractivity contribution in [1.82, 2.24) is 4.98 Å². The molecule has 3 nitrogen and oxygen atoms in total. The Morgan fingerprint density at radius 1 is 1.25 bits per heavy atom. The third-order valence-corrected chi connectivity index (χ3v) is 1.04. The lowest BCUT2D eigenvalue weighted by atomic mass is 10.3. The highest BCUT2D eigenvalue weighted by atomic mass is 16.3. The molecule has 0 saturated heterocycles. The first-order valence-corrected chi connectivity index (χ1v) is 3.59. The maximum Gasteiger partial charge on any atom is 0.0662 e. The van der Waals surface area contributed by atoms with Gasteiger partial charge in [0.15, 0.2) is 0 Å². The normalized spacial score (nSPS) is 8.17. The second-order valence-electron chi connectivity index (χ2n) is 1.93. The zero-order valence-electron chi connectivity index (χ0n) is 6.85. The van der Waals surface area contributed by atoms with E-state index < -0.39 is 0 Å². The molecule has 66 valence electrons. The Hall–Kier alpha value is -1.19. The standard InChI is InChI=1S/C7H7N.C2H6O2/c1-2-7-3-5-8-6-4-7;3-1-2-4/h2-6H,1H2;3-4H,1-2H2. The summed E-state index contributed by atoms with van der Waals surface area (Å²) in [6.07, 6.45) is 5.29. The molecule has 0 fully saturated rings. The first-order chi connectivity index (χ1) is 5.85. The van der Waals surface area contributed by atoms with Crippen LogP contribution in [0.25, 0.3) is 6.08 Å². The van der Waals surface area contributed by atoms with E-state index in [-0.39, 0.29) is 13.2 Å². The summed E-state index contributed by atoms with van der Waals surface area (Å²) in [5.41, 5.74) is 1.11. The van der Waals surface area contributed by atoms with E-state index in [1.807, 2.05) is 12.1 Å². The van der Waals surface area contributed by atoms with E-state index in [2.05, 4.69) is 11.6 Å². The van der Waals surface area contributed by atoms with Gasteiger partial charge in [0, 0.05) is 12.4 Å². The number of aliphatic hydroxyl groups excluding tert-OH is 2. The second-order valence-corrected chi connectivity index (χ2v) is 1.93. The molecule has 0 spiro atoms. The number of hydrogen-bond acceptors (Lipinski definition) is 3. The van der Waals surface area contributed by atoms with Crippen molar-refractivity contribution in [3.63, 3.8) is 0 Å². The van der Waals surface area contributed by atoms with E-state index in [0.29, 0.717) is 0 Å². The molecular weight excluding hydrogens is 154 g/mol. The third kappa shape index (κ3) is 5.58. The van der Waals surface area contributed by atoms with Gasteiger partial charge in [-0.1, -0.05) is 12.7 Å². The minimum absolute atomic E-state index is 0.125. The molecule has 12 heavy (non-hydrogen) atoms. The largest absolute Gasteiger partial charge is 0.394 e. The number of aromatic nitrogens is 1. The van der Waals surface area contributed by atoms with Gasteiger partial charge in [0.25, 0.3) is 0 Å². The average Bonchev–Trinajstić information content (AvgIpc) is 2.19. The fourth-order valence-electron chi connectivity index (χ4n) is 0.500. The molecule has 1 aromatic rings. The SMILES string of the molecule is C=Cc1ccncc1.OCCO. The number of hydrogen-bond donors (Lipinski definition) is 2. The van der Waals surface area contributed by atoms with Crippen LogP contribution in [0.3, 0.4) is 0 Å². The minimum atomic E-state index is -0.125. The monoisotopic (exact) mass is 167 g/mol. The molecule has 3 heteroatoms. The molecule has 0 unspecified atom stereocenters. The van der Waals surface area contributed by atoms with Crippen LogP contribution in [0, 0.1) is 0 Å². The van der Waals surface area contributed by atoms with Crippen molar-refractivity contribution in [2.45, 2.75) is 0 Å². The molecule has 0 aromatic carbocycles. The fraction of sp³-hybridized carbons (Fsp3) is 0.222. The molecule has 1 rings (SSSR count). The Labute approximate surface area is 72.0 Å². The van der Waals surface area contributed by atoms with E-state index in [1.165, 1.54) is 0 Å². The molecule has 0 aliphatic carbocycles. The highest BCUT2D eigenvalue weighted by Gasteiger charge is 1.76. The van der Waals surface area contributed by atoms with Crippen LogP contribution < -0.4 is 0 Å². The molecule has 0 aliphatic heterocycles. The van der Waals surface area contributed by atoms with Crippen LogP contribution >= 0.6 is 0 Å². The van der Waals surface area contributed by atoms with Crippen molar-refractivity contribution in [1.29, 1.82) is 0 Å². The second kappa shape index (κ2) is 7.91. The fourth-order valence-corrected chi connectivity index (χ4v) is 0.500. The molecule has 0 amide bonds. The Balaban J connectivity index is 0.000000261. The zero-order chi connectivity index (χ0) is 9.23. The van der Waals surface area contributed by atoms with E-state index in [4.69, 9.17) is 10.2 Å². The smallest absolute Gasteiger partial charge is 0.0662 e. The highest BCUT2D eigenvalue weighted by Crippen LogP contribution is 1.94. The number of aliphatic hydroxyl groups is 2. The summed E-state index contributed by atoms with van der Waals surface area (Å²) in [7, 11) is 0. The summed E-state index contributed by atoms with van der Waals surface area (Å²) in [5, 5.41) is 15.2. The third-order valence-electron chi connectivity index (χ3n) is 1.04. The Bertz CT molecular complexity index is 197. The number of nitrogens with zero attached hydrogens (tertiary/aromatic N) is 1. The minimum Gasteiger partial charge on any atom is -0.394 e. The van der Waals surface area contributed by atoms with Gasteiger partial charge >= 0.3 is 0 Å². The van der Waals surface area contributed by atoms with Gasteiger partial charge in [-0.3, -0.25) is 4.98 Å². The van der Waals surface area contributed by atoms with Gasteiger partial charge in [-0.15, -0.1) is 0 Å². The van der Waals surface area contributed by atoms with Crippen LogP contribution in [0.5, 0.6) is 0 Å². The van der Waals surface area contributed by atoms with Crippen molar-refractivity contribution in [2.75, 3.05) is 13.2 Å². The van der Waals surface area contributed by atoms with Gasteiger partial charge in [0.05, 0.1) is 13.2 Å². The molecule has 0 radical (unpaired) electrons. The van der Waals surface area contributed by atoms with Crippen LogP contribution in [0.15, 0.2) is 31.1 Å². The summed E-state index contributed by atoms with van der Waals surface area (Å²) < 4.78 is 0. The average molecular weight is 167 g/mol. The maximum atomic E-state index is 7.62. The summed E-state index contributed by atoms with van der Waals surface area (Å²) in [6, 6.07) is 3.82. The molecule has 1 heterocycles. The van der Waals surface area contributed by atoms with E-state index in [9.17, 15) is 0 Å². The Morgan fingerprint density at radius 2 is 1.75 bits per heavy atom. The van der Waals surface area contributed by atoms with Gasteiger partial charge in [0.1, 0.15) is 0 Å². The maximum absolute atomic E-state index is 7.62. The molecule has 0 aliphatic rings. The van der Waals surface area contributed by atoms with Crippen LogP contribution in [-0.2, 0) is 0 Å². The molecular formula is C9H13NO2. The van der Waals surface area contributed by atoms with Crippen molar-refractivity contribution >= 4 is 6.08 Å². The number of rotatable bonds is 2. The van der Waals surface area contributed by atoms with Crippen LogP contribution in [0.4, 0.5) is 0 Å². The number of pyridine rings is 1. The molecule has 0 atom stereocenters. The van der Waals surface area contributed by atoms with Crippen LogP contribution in [-0.4, -0.2) is 28.4 Å². The van der Waals surface area contributed by atoms with E-state index in [1.54, 1.807) is 18.5 Å². The van der Waals surface area contributed by atoms with Gasteiger partial charge < -0.3 is 10.2 Å². The lowest BCUT2D eigenvalue weighted by Gasteiger charge is -1.84. The molecule has 2 N–H and O–H groups in total. The van der Waals surface area contributed by atoms with Gasteiger partial charge in [-0.25, -0.2) is 0 Å². The van der Waals surface area contributed by atoms with Crippen LogP contribution in [0.2, 0.25) is 0 Å². The van der Waals surface area contributed by atoms with Crippen molar-refractivity contribution in [3.8, 4) is 0 Å². The van der Waals surface area contributed by atoms with Crippen molar-refractivity contribution in [3.05, 3.63) is 36.7 Å². The van der Waals surface area contributed by atoms with Crippen LogP contribution in [0.1, 0.15) is 5.56 Å². The lowest BCUT2D eigenvalue weighted by molar-refractivity contribution is 0.186. The lowest BCUT2D eigenvalue weighted by Crippen LogP contribution is -1.85. The van der Waals surface area contributed by atoms with E-state index >= 15 is 0 Å². The summed E-state index contributed by atoms with van der Waals surface area (Å²) in [5.74, 6) is 0. The Morgan fingerprint density at radius 3 is 2.00 bits per heavy atom. The zero-order valence-corrected chi connectivity index (χ0v) is 6.85. The topological polar surface area (TPSA) is 53.4 Å². The first kappa shape index (κ1) is 10.8. The highest BCUT2D eigenvalue weighted by molar-refractivity contribution is 5.44. The van der Waals surface area contributed by atoms with Crippen molar-refractivity contribution < 1.29 is 10.2 Å². The van der Waals surface area contributed by atoms with Gasteiger partial charge in [-0.2, -0.15) is 0 Å². The van der Waals surface area contributed by atoms with Crippen molar-refractivity contribution in [2.24, 2.45) is 0 Å².